The van der Waals surface area contributed by atoms with E-state index in [2.05, 4.69) is 13.8 Å². The van der Waals surface area contributed by atoms with E-state index in [1.165, 1.54) is 12.0 Å². The predicted molar refractivity (Wildman–Crippen MR) is 44.1 cm³/mol. The Labute approximate surface area is 68.2 Å². The van der Waals surface area contributed by atoms with Gasteiger partial charge in [0.2, 0.25) is 6.29 Å². The third kappa shape index (κ3) is 2.93. The van der Waals surface area contributed by atoms with E-state index in [0.29, 0.717) is 0 Å². The second-order valence-corrected chi connectivity index (χ2v) is 2.96. The molecule has 0 aromatic rings. The largest absolute Gasteiger partial charge is 0.472 e. The van der Waals surface area contributed by atoms with Crippen LogP contribution in [0.25, 0.3) is 0 Å². The van der Waals surface area contributed by atoms with Crippen molar-refractivity contribution in [2.75, 3.05) is 6.61 Å². The van der Waals surface area contributed by atoms with Crippen LogP contribution >= 0.6 is 0 Å². The van der Waals surface area contributed by atoms with Crippen LogP contribution in [0.3, 0.4) is 0 Å². The van der Waals surface area contributed by atoms with Gasteiger partial charge in [-0.25, -0.2) is 0 Å². The van der Waals surface area contributed by atoms with Crippen LogP contribution in [-0.4, -0.2) is 12.9 Å². The maximum Gasteiger partial charge on any atom is 0.202 e. The Bertz CT molecular complexity index is 140. The van der Waals surface area contributed by atoms with Gasteiger partial charge in [0.25, 0.3) is 0 Å². The van der Waals surface area contributed by atoms with Gasteiger partial charge in [-0.05, 0) is 18.9 Å². The SMILES string of the molecule is CCCCOC1CC(C)=CO1. The molecule has 2 nitrogen and oxygen atoms in total. The lowest BCUT2D eigenvalue weighted by Gasteiger charge is -2.10. The first-order valence-electron chi connectivity index (χ1n) is 4.25. The highest BCUT2D eigenvalue weighted by Crippen LogP contribution is 2.17. The van der Waals surface area contributed by atoms with Gasteiger partial charge in [-0.2, -0.15) is 0 Å². The molecular formula is C9H16O2. The third-order valence-electron chi connectivity index (χ3n) is 1.71. The highest BCUT2D eigenvalue weighted by Gasteiger charge is 2.14. The molecule has 0 radical (unpaired) electrons. The number of unbranched alkanes of at least 4 members (excludes halogenated alkanes) is 1. The molecule has 0 amide bonds. The van der Waals surface area contributed by atoms with E-state index in [-0.39, 0.29) is 6.29 Å². The van der Waals surface area contributed by atoms with Crippen LogP contribution in [-0.2, 0) is 9.47 Å². The first kappa shape index (κ1) is 8.60. The van der Waals surface area contributed by atoms with Crippen LogP contribution in [0.1, 0.15) is 33.1 Å². The fourth-order valence-corrected chi connectivity index (χ4v) is 1.01. The van der Waals surface area contributed by atoms with E-state index in [9.17, 15) is 0 Å². The van der Waals surface area contributed by atoms with E-state index in [0.717, 1.165) is 19.4 Å². The standard InChI is InChI=1S/C9H16O2/c1-3-4-5-10-9-6-8(2)7-11-9/h7,9H,3-6H2,1-2H3. The summed E-state index contributed by atoms with van der Waals surface area (Å²) in [6.45, 7) is 5.04. The summed E-state index contributed by atoms with van der Waals surface area (Å²) in [4.78, 5) is 0. The van der Waals surface area contributed by atoms with E-state index in [1.807, 2.05) is 0 Å². The molecule has 1 unspecified atom stereocenters. The predicted octanol–water partition coefficient (Wildman–Crippen LogP) is 2.45. The summed E-state index contributed by atoms with van der Waals surface area (Å²) in [6, 6.07) is 0. The molecule has 1 aliphatic heterocycles. The minimum Gasteiger partial charge on any atom is -0.472 e. The monoisotopic (exact) mass is 156 g/mol. The van der Waals surface area contributed by atoms with Crippen molar-refractivity contribution in [2.45, 2.75) is 39.4 Å². The third-order valence-corrected chi connectivity index (χ3v) is 1.71. The van der Waals surface area contributed by atoms with E-state index >= 15 is 0 Å². The zero-order valence-corrected chi connectivity index (χ0v) is 7.30. The van der Waals surface area contributed by atoms with Crippen molar-refractivity contribution < 1.29 is 9.47 Å². The molecule has 0 N–H and O–H groups in total. The molecule has 1 rings (SSSR count). The molecule has 0 aromatic carbocycles. The Kier molecular flexibility index (Phi) is 3.43. The molecule has 0 saturated carbocycles. The van der Waals surface area contributed by atoms with Crippen molar-refractivity contribution >= 4 is 0 Å². The lowest BCUT2D eigenvalue weighted by Crippen LogP contribution is -2.11. The van der Waals surface area contributed by atoms with E-state index < -0.39 is 0 Å². The quantitative estimate of drug-likeness (QED) is 0.582. The summed E-state index contributed by atoms with van der Waals surface area (Å²) in [6.07, 6.45) is 5.03. The molecule has 1 atom stereocenters. The molecule has 64 valence electrons. The van der Waals surface area contributed by atoms with Crippen molar-refractivity contribution in [3.05, 3.63) is 11.8 Å². The van der Waals surface area contributed by atoms with E-state index in [1.54, 1.807) is 6.26 Å². The highest BCUT2D eigenvalue weighted by atomic mass is 16.7. The smallest absolute Gasteiger partial charge is 0.202 e. The Morgan fingerprint density at radius 1 is 1.73 bits per heavy atom. The Hall–Kier alpha value is -0.500. The summed E-state index contributed by atoms with van der Waals surface area (Å²) in [7, 11) is 0. The van der Waals surface area contributed by atoms with E-state index in [4.69, 9.17) is 9.47 Å². The van der Waals surface area contributed by atoms with Crippen LogP contribution < -0.4 is 0 Å². The van der Waals surface area contributed by atoms with Crippen LogP contribution in [0.4, 0.5) is 0 Å². The lowest BCUT2D eigenvalue weighted by atomic mass is 10.2. The van der Waals surface area contributed by atoms with Gasteiger partial charge in [0, 0.05) is 6.42 Å². The first-order chi connectivity index (χ1) is 5.33. The number of hydrogen-bond acceptors (Lipinski definition) is 2. The molecule has 0 aromatic heterocycles. The van der Waals surface area contributed by atoms with Gasteiger partial charge in [0.05, 0.1) is 12.9 Å². The summed E-state index contributed by atoms with van der Waals surface area (Å²) < 4.78 is 10.7. The van der Waals surface area contributed by atoms with Crippen LogP contribution in [0.2, 0.25) is 0 Å². The van der Waals surface area contributed by atoms with Crippen molar-refractivity contribution in [2.24, 2.45) is 0 Å². The topological polar surface area (TPSA) is 18.5 Å². The zero-order chi connectivity index (χ0) is 8.10. The van der Waals surface area contributed by atoms with Gasteiger partial charge in [0.15, 0.2) is 0 Å². The molecule has 11 heavy (non-hydrogen) atoms. The van der Waals surface area contributed by atoms with Crippen molar-refractivity contribution in [3.63, 3.8) is 0 Å². The van der Waals surface area contributed by atoms with Crippen molar-refractivity contribution in [1.82, 2.24) is 0 Å². The highest BCUT2D eigenvalue weighted by molar-refractivity contribution is 4.98. The number of ether oxygens (including phenoxy) is 2. The summed E-state index contributed by atoms with van der Waals surface area (Å²) in [5, 5.41) is 0. The molecular weight excluding hydrogens is 140 g/mol. The summed E-state index contributed by atoms with van der Waals surface area (Å²) >= 11 is 0. The molecule has 0 aliphatic carbocycles. The first-order valence-corrected chi connectivity index (χ1v) is 4.25. The molecule has 0 spiro atoms. The fourth-order valence-electron chi connectivity index (χ4n) is 1.01. The average Bonchev–Trinajstić information content (AvgIpc) is 2.37. The fraction of sp³-hybridized carbons (Fsp3) is 0.778. The number of hydrogen-bond donors (Lipinski definition) is 0. The van der Waals surface area contributed by atoms with Crippen LogP contribution in [0, 0.1) is 0 Å². The lowest BCUT2D eigenvalue weighted by molar-refractivity contribution is -0.0923. The van der Waals surface area contributed by atoms with Gasteiger partial charge in [-0.3, -0.25) is 0 Å². The molecule has 1 aliphatic rings. The zero-order valence-electron chi connectivity index (χ0n) is 7.30. The van der Waals surface area contributed by atoms with Gasteiger partial charge in [-0.15, -0.1) is 0 Å². The minimum absolute atomic E-state index is 0.00144. The van der Waals surface area contributed by atoms with Gasteiger partial charge in [0.1, 0.15) is 0 Å². The Morgan fingerprint density at radius 3 is 3.09 bits per heavy atom. The Balaban J connectivity index is 2.02. The second kappa shape index (κ2) is 4.39. The van der Waals surface area contributed by atoms with Crippen molar-refractivity contribution in [3.8, 4) is 0 Å². The molecule has 1 heterocycles. The van der Waals surface area contributed by atoms with Gasteiger partial charge >= 0.3 is 0 Å². The van der Waals surface area contributed by atoms with Gasteiger partial charge in [-0.1, -0.05) is 13.3 Å². The molecule has 0 saturated heterocycles. The average molecular weight is 156 g/mol. The minimum atomic E-state index is 0.00144. The van der Waals surface area contributed by atoms with Gasteiger partial charge < -0.3 is 9.47 Å². The maximum atomic E-state index is 5.44. The second-order valence-electron chi connectivity index (χ2n) is 2.96. The molecule has 0 fully saturated rings. The van der Waals surface area contributed by atoms with Crippen LogP contribution in [0.15, 0.2) is 11.8 Å². The normalized spacial score (nSPS) is 23.1. The Morgan fingerprint density at radius 2 is 2.55 bits per heavy atom. The van der Waals surface area contributed by atoms with Crippen molar-refractivity contribution in [1.29, 1.82) is 0 Å². The molecule has 0 bridgehead atoms. The summed E-state index contributed by atoms with van der Waals surface area (Å²) in [5.41, 5.74) is 1.27. The maximum absolute atomic E-state index is 5.44. The van der Waals surface area contributed by atoms with Crippen LogP contribution in [0.5, 0.6) is 0 Å². The number of rotatable bonds is 4. The summed E-state index contributed by atoms with van der Waals surface area (Å²) in [5.74, 6) is 0. The molecule has 2 heteroatoms.